The fourth-order valence-electron chi connectivity index (χ4n) is 4.18. The van der Waals surface area contributed by atoms with Gasteiger partial charge in [-0.1, -0.05) is 97.6 Å². The summed E-state index contributed by atoms with van der Waals surface area (Å²) in [4.78, 5) is 1.18. The number of thioether (sulfide) groups is 1. The van der Waals surface area contributed by atoms with Gasteiger partial charge < -0.3 is 14.9 Å². The van der Waals surface area contributed by atoms with Crippen LogP contribution in [-0.2, 0) is 0 Å². The van der Waals surface area contributed by atoms with Crippen molar-refractivity contribution < 1.29 is 14.9 Å². The van der Waals surface area contributed by atoms with Crippen LogP contribution < -0.4 is 4.74 Å². The fourth-order valence-corrected chi connectivity index (χ4v) is 5.23. The van der Waals surface area contributed by atoms with Gasteiger partial charge in [0.25, 0.3) is 0 Å². The van der Waals surface area contributed by atoms with E-state index in [0.29, 0.717) is 11.3 Å². The van der Waals surface area contributed by atoms with E-state index >= 15 is 0 Å². The SMILES string of the molecule is C=Cc1ccc(C(O)Oc2ccc(C=CC(CO)SC3=Cc4cccc5cccc3c45)cc2)cc1. The molecule has 0 bridgehead atoms. The van der Waals surface area contributed by atoms with E-state index < -0.39 is 6.29 Å². The molecular weight excluding hydrogens is 452 g/mol. The van der Waals surface area contributed by atoms with Gasteiger partial charge in [-0.15, -0.1) is 11.8 Å². The van der Waals surface area contributed by atoms with E-state index in [9.17, 15) is 10.2 Å². The normalized spacial score (nSPS) is 14.2. The van der Waals surface area contributed by atoms with Gasteiger partial charge in [-0.3, -0.25) is 0 Å². The Kier molecular flexibility index (Phi) is 6.87. The number of hydrogen-bond donors (Lipinski definition) is 2. The van der Waals surface area contributed by atoms with Crippen LogP contribution in [0.5, 0.6) is 5.75 Å². The van der Waals surface area contributed by atoms with Crippen molar-refractivity contribution in [3.8, 4) is 5.75 Å². The van der Waals surface area contributed by atoms with E-state index in [0.717, 1.165) is 11.1 Å². The highest BCUT2D eigenvalue weighted by Gasteiger charge is 2.19. The molecule has 35 heavy (non-hydrogen) atoms. The predicted octanol–water partition coefficient (Wildman–Crippen LogP) is 7.17. The summed E-state index contributed by atoms with van der Waals surface area (Å²) in [7, 11) is 0. The predicted molar refractivity (Wildman–Crippen MR) is 148 cm³/mol. The Balaban J connectivity index is 1.23. The fraction of sp³-hybridized carbons (Fsp3) is 0.0968. The second-order valence-electron chi connectivity index (χ2n) is 8.37. The van der Waals surface area contributed by atoms with Crippen LogP contribution in [0, 0.1) is 0 Å². The van der Waals surface area contributed by atoms with Crippen LogP contribution in [0.25, 0.3) is 33.9 Å². The summed E-state index contributed by atoms with van der Waals surface area (Å²) < 4.78 is 5.68. The molecule has 1 aliphatic rings. The molecule has 0 spiro atoms. The Hall–Kier alpha value is -3.57. The third-order valence-electron chi connectivity index (χ3n) is 6.04. The summed E-state index contributed by atoms with van der Waals surface area (Å²) >= 11 is 1.67. The van der Waals surface area contributed by atoms with E-state index in [1.165, 1.54) is 26.8 Å². The van der Waals surface area contributed by atoms with E-state index in [4.69, 9.17) is 4.74 Å². The number of rotatable bonds is 9. The first-order valence-electron chi connectivity index (χ1n) is 11.5. The Morgan fingerprint density at radius 2 is 1.60 bits per heavy atom. The second-order valence-corrected chi connectivity index (χ2v) is 9.65. The van der Waals surface area contributed by atoms with Crippen LogP contribution in [0.1, 0.15) is 34.1 Å². The maximum Gasteiger partial charge on any atom is 0.224 e. The van der Waals surface area contributed by atoms with Gasteiger partial charge in [-0.05, 0) is 51.2 Å². The lowest BCUT2D eigenvalue weighted by atomic mass is 10.0. The molecule has 1 aliphatic carbocycles. The Morgan fingerprint density at radius 1 is 0.886 bits per heavy atom. The van der Waals surface area contributed by atoms with Crippen molar-refractivity contribution in [1.29, 1.82) is 0 Å². The van der Waals surface area contributed by atoms with Crippen LogP contribution in [-0.4, -0.2) is 22.1 Å². The minimum Gasteiger partial charge on any atom is -0.461 e. The van der Waals surface area contributed by atoms with Gasteiger partial charge >= 0.3 is 0 Å². The maximum atomic E-state index is 10.4. The molecule has 4 aromatic carbocycles. The van der Waals surface area contributed by atoms with Crippen LogP contribution in [0.3, 0.4) is 0 Å². The van der Waals surface area contributed by atoms with Gasteiger partial charge in [0, 0.05) is 10.5 Å². The van der Waals surface area contributed by atoms with Gasteiger partial charge in [-0.25, -0.2) is 0 Å². The van der Waals surface area contributed by atoms with Gasteiger partial charge in [0.15, 0.2) is 0 Å². The summed E-state index contributed by atoms with van der Waals surface area (Å²) in [6, 6.07) is 27.7. The number of aliphatic hydroxyl groups excluding tert-OH is 2. The molecule has 2 atom stereocenters. The molecule has 2 unspecified atom stereocenters. The van der Waals surface area contributed by atoms with Crippen molar-refractivity contribution >= 4 is 45.7 Å². The summed E-state index contributed by atoms with van der Waals surface area (Å²) in [5, 5.41) is 22.8. The molecule has 0 saturated carbocycles. The maximum absolute atomic E-state index is 10.4. The van der Waals surface area contributed by atoms with E-state index in [-0.39, 0.29) is 11.9 Å². The van der Waals surface area contributed by atoms with Crippen LogP contribution >= 0.6 is 11.8 Å². The molecule has 174 valence electrons. The number of hydrogen-bond acceptors (Lipinski definition) is 4. The molecule has 0 aliphatic heterocycles. The molecule has 3 nitrogen and oxygen atoms in total. The van der Waals surface area contributed by atoms with E-state index in [1.54, 1.807) is 17.8 Å². The summed E-state index contributed by atoms with van der Waals surface area (Å²) in [5.74, 6) is 0.581. The van der Waals surface area contributed by atoms with Gasteiger partial charge in [-0.2, -0.15) is 0 Å². The monoisotopic (exact) mass is 478 g/mol. The van der Waals surface area contributed by atoms with Crippen molar-refractivity contribution in [2.24, 2.45) is 0 Å². The average Bonchev–Trinajstić information content (AvgIpc) is 3.26. The molecule has 0 radical (unpaired) electrons. The smallest absolute Gasteiger partial charge is 0.224 e. The molecule has 0 amide bonds. The summed E-state index contributed by atoms with van der Waals surface area (Å²) in [5.41, 5.74) is 5.13. The molecule has 4 heteroatoms. The highest BCUT2D eigenvalue weighted by molar-refractivity contribution is 8.09. The Labute approximate surface area is 209 Å². The first-order chi connectivity index (χ1) is 17.1. The largest absolute Gasteiger partial charge is 0.461 e. The van der Waals surface area contributed by atoms with Crippen molar-refractivity contribution in [3.63, 3.8) is 0 Å². The van der Waals surface area contributed by atoms with E-state index in [1.807, 2.05) is 60.7 Å². The van der Waals surface area contributed by atoms with Crippen molar-refractivity contribution in [3.05, 3.63) is 125 Å². The third kappa shape index (κ3) is 5.10. The molecule has 0 saturated heterocycles. The second kappa shape index (κ2) is 10.4. The lowest BCUT2D eigenvalue weighted by Gasteiger charge is -2.14. The Bertz CT molecular complexity index is 1400. The van der Waals surface area contributed by atoms with Gasteiger partial charge in [0.2, 0.25) is 6.29 Å². The zero-order chi connectivity index (χ0) is 24.2. The summed E-state index contributed by atoms with van der Waals surface area (Å²) in [6.45, 7) is 3.78. The number of benzene rings is 4. The first kappa shape index (κ1) is 23.2. The number of ether oxygens (including phenoxy) is 1. The quantitative estimate of drug-likeness (QED) is 0.250. The number of aliphatic hydroxyl groups is 2. The molecule has 2 N–H and O–H groups in total. The van der Waals surface area contributed by atoms with Crippen LogP contribution in [0.4, 0.5) is 0 Å². The first-order valence-corrected chi connectivity index (χ1v) is 12.4. The molecular formula is C31H26O3S. The lowest BCUT2D eigenvalue weighted by Crippen LogP contribution is -2.06. The highest BCUT2D eigenvalue weighted by Crippen LogP contribution is 2.43. The molecule has 0 fully saturated rings. The zero-order valence-electron chi connectivity index (χ0n) is 19.2. The highest BCUT2D eigenvalue weighted by atomic mass is 32.2. The van der Waals surface area contributed by atoms with E-state index in [2.05, 4.69) is 49.1 Å². The van der Waals surface area contributed by atoms with Gasteiger partial charge in [0.1, 0.15) is 5.75 Å². The molecule has 4 aromatic rings. The minimum absolute atomic E-state index is 0.0445. The standard InChI is InChI=1S/C31H26O3S/c1-2-21-9-14-24(15-10-21)31(33)34-26-16-11-22(12-17-26)13-18-27(20-32)35-29-19-25-7-3-5-23-6-4-8-28(29)30(23)25/h2-19,27,31-33H,1,20H2. The van der Waals surface area contributed by atoms with Crippen LogP contribution in [0.2, 0.25) is 0 Å². The van der Waals surface area contributed by atoms with Crippen LogP contribution in [0.15, 0.2) is 97.6 Å². The van der Waals surface area contributed by atoms with Crippen molar-refractivity contribution in [2.75, 3.05) is 6.61 Å². The summed E-state index contributed by atoms with van der Waals surface area (Å²) in [6.07, 6.45) is 6.96. The minimum atomic E-state index is -1.04. The Morgan fingerprint density at radius 3 is 2.31 bits per heavy atom. The van der Waals surface area contributed by atoms with Gasteiger partial charge in [0.05, 0.1) is 11.9 Å². The van der Waals surface area contributed by atoms with Crippen molar-refractivity contribution in [1.82, 2.24) is 0 Å². The average molecular weight is 479 g/mol. The topological polar surface area (TPSA) is 49.7 Å². The molecule has 0 aromatic heterocycles. The molecule has 5 rings (SSSR count). The lowest BCUT2D eigenvalue weighted by molar-refractivity contribution is -0.0194. The third-order valence-corrected chi connectivity index (χ3v) is 7.24. The van der Waals surface area contributed by atoms with Crippen molar-refractivity contribution in [2.45, 2.75) is 11.5 Å². The zero-order valence-corrected chi connectivity index (χ0v) is 20.0. The molecule has 0 heterocycles.